The minimum atomic E-state index is -0.412. The molecule has 9 heteroatoms. The molecule has 0 atom stereocenters. The predicted molar refractivity (Wildman–Crippen MR) is 103 cm³/mol. The molecule has 0 spiro atoms. The first-order chi connectivity index (χ1) is 13.5. The SMILES string of the molecule is Cc1ccccc1-c1nnc(SCC(=O)NCC(=O)Nc2ccc(F)cc2)o1. The van der Waals surface area contributed by atoms with Gasteiger partial charge in [0.05, 0.1) is 12.3 Å². The molecule has 0 saturated heterocycles. The minimum Gasteiger partial charge on any atom is -0.411 e. The Hall–Kier alpha value is -3.20. The van der Waals surface area contributed by atoms with Crippen LogP contribution in [0, 0.1) is 12.7 Å². The van der Waals surface area contributed by atoms with E-state index >= 15 is 0 Å². The van der Waals surface area contributed by atoms with E-state index in [0.717, 1.165) is 22.9 Å². The second-order valence-corrected chi connectivity index (χ2v) is 6.74. The van der Waals surface area contributed by atoms with Gasteiger partial charge in [-0.3, -0.25) is 9.59 Å². The summed E-state index contributed by atoms with van der Waals surface area (Å²) in [6.07, 6.45) is 0. The molecule has 144 valence electrons. The summed E-state index contributed by atoms with van der Waals surface area (Å²) >= 11 is 1.08. The molecule has 0 saturated carbocycles. The van der Waals surface area contributed by atoms with E-state index in [0.29, 0.717) is 11.6 Å². The number of aryl methyl sites for hydroxylation is 1. The number of amides is 2. The molecule has 0 unspecified atom stereocenters. The number of carbonyl (C=O) groups excluding carboxylic acids is 2. The first-order valence-corrected chi connectivity index (χ1v) is 9.34. The Labute approximate surface area is 164 Å². The Morgan fingerprint density at radius 2 is 1.82 bits per heavy atom. The van der Waals surface area contributed by atoms with Crippen molar-refractivity contribution in [2.45, 2.75) is 12.1 Å². The number of benzene rings is 2. The van der Waals surface area contributed by atoms with Crippen molar-refractivity contribution in [2.75, 3.05) is 17.6 Å². The Balaban J connectivity index is 1.44. The topological polar surface area (TPSA) is 97.1 Å². The van der Waals surface area contributed by atoms with E-state index in [1.165, 1.54) is 24.3 Å². The van der Waals surface area contributed by atoms with Gasteiger partial charge in [-0.25, -0.2) is 4.39 Å². The van der Waals surface area contributed by atoms with Gasteiger partial charge >= 0.3 is 0 Å². The highest BCUT2D eigenvalue weighted by Crippen LogP contribution is 2.25. The van der Waals surface area contributed by atoms with Gasteiger partial charge in [0.1, 0.15) is 5.82 Å². The lowest BCUT2D eigenvalue weighted by atomic mass is 10.1. The molecule has 1 heterocycles. The average molecular weight is 400 g/mol. The molecule has 2 aromatic carbocycles. The van der Waals surface area contributed by atoms with Crippen molar-refractivity contribution < 1.29 is 18.4 Å². The summed E-state index contributed by atoms with van der Waals surface area (Å²) in [5, 5.41) is 13.2. The van der Waals surface area contributed by atoms with Crippen LogP contribution in [-0.2, 0) is 9.59 Å². The summed E-state index contributed by atoms with van der Waals surface area (Å²) in [4.78, 5) is 23.7. The highest BCUT2D eigenvalue weighted by molar-refractivity contribution is 7.99. The van der Waals surface area contributed by atoms with Gasteiger partial charge in [0.25, 0.3) is 5.22 Å². The van der Waals surface area contributed by atoms with Crippen LogP contribution in [0.4, 0.5) is 10.1 Å². The molecule has 3 rings (SSSR count). The molecule has 0 fully saturated rings. The summed E-state index contributed by atoms with van der Waals surface area (Å²) < 4.78 is 18.4. The number of hydrogen-bond donors (Lipinski definition) is 2. The standard InChI is InChI=1S/C19H17FN4O3S/c1-12-4-2-3-5-15(12)18-23-24-19(27-18)28-11-17(26)21-10-16(25)22-14-8-6-13(20)7-9-14/h2-9H,10-11H2,1H3,(H,21,26)(H,22,25). The number of carbonyl (C=O) groups is 2. The summed E-state index contributed by atoms with van der Waals surface area (Å²) in [6, 6.07) is 13.0. The highest BCUT2D eigenvalue weighted by Gasteiger charge is 2.13. The fraction of sp³-hybridized carbons (Fsp3) is 0.158. The number of rotatable bonds is 7. The highest BCUT2D eigenvalue weighted by atomic mass is 32.2. The molecule has 1 aromatic heterocycles. The molecule has 0 aliphatic carbocycles. The van der Waals surface area contributed by atoms with Crippen molar-refractivity contribution in [3.8, 4) is 11.5 Å². The first kappa shape index (κ1) is 19.6. The third-order valence-corrected chi connectivity index (χ3v) is 4.50. The van der Waals surface area contributed by atoms with E-state index in [1.807, 2.05) is 31.2 Å². The van der Waals surface area contributed by atoms with E-state index in [9.17, 15) is 14.0 Å². The molecule has 0 radical (unpaired) electrons. The lowest BCUT2D eigenvalue weighted by Crippen LogP contribution is -2.33. The maximum atomic E-state index is 12.8. The second kappa shape index (κ2) is 9.14. The van der Waals surface area contributed by atoms with Crippen LogP contribution in [-0.4, -0.2) is 34.3 Å². The maximum Gasteiger partial charge on any atom is 0.277 e. The fourth-order valence-electron chi connectivity index (χ4n) is 2.29. The van der Waals surface area contributed by atoms with Gasteiger partial charge < -0.3 is 15.1 Å². The maximum absolute atomic E-state index is 12.8. The van der Waals surface area contributed by atoms with Crippen LogP contribution < -0.4 is 10.6 Å². The summed E-state index contributed by atoms with van der Waals surface area (Å²) in [7, 11) is 0. The summed E-state index contributed by atoms with van der Waals surface area (Å²) in [6.45, 7) is 1.74. The zero-order valence-corrected chi connectivity index (χ0v) is 15.8. The smallest absolute Gasteiger partial charge is 0.277 e. The first-order valence-electron chi connectivity index (χ1n) is 8.35. The molecule has 0 bridgehead atoms. The van der Waals surface area contributed by atoms with Crippen molar-refractivity contribution in [2.24, 2.45) is 0 Å². The van der Waals surface area contributed by atoms with E-state index in [4.69, 9.17) is 4.42 Å². The number of nitrogens with zero attached hydrogens (tertiary/aromatic N) is 2. The van der Waals surface area contributed by atoms with Crippen LogP contribution >= 0.6 is 11.8 Å². The number of aromatic nitrogens is 2. The van der Waals surface area contributed by atoms with Crippen LogP contribution in [0.3, 0.4) is 0 Å². The number of hydrogen-bond acceptors (Lipinski definition) is 6. The normalized spacial score (nSPS) is 10.5. The molecule has 28 heavy (non-hydrogen) atoms. The van der Waals surface area contributed by atoms with Gasteiger partial charge in [-0.05, 0) is 42.8 Å². The van der Waals surface area contributed by atoms with Crippen molar-refractivity contribution >= 4 is 29.3 Å². The number of anilines is 1. The van der Waals surface area contributed by atoms with Gasteiger partial charge in [-0.1, -0.05) is 30.0 Å². The van der Waals surface area contributed by atoms with E-state index in [1.54, 1.807) is 0 Å². The Bertz CT molecular complexity index is 975. The zero-order chi connectivity index (χ0) is 19.9. The third-order valence-electron chi connectivity index (χ3n) is 3.68. The van der Waals surface area contributed by atoms with Gasteiger partial charge in [0, 0.05) is 11.3 Å². The van der Waals surface area contributed by atoms with E-state index in [2.05, 4.69) is 20.8 Å². The van der Waals surface area contributed by atoms with Crippen molar-refractivity contribution in [1.29, 1.82) is 0 Å². The Kier molecular flexibility index (Phi) is 6.38. The second-order valence-electron chi connectivity index (χ2n) is 5.81. The lowest BCUT2D eigenvalue weighted by Gasteiger charge is -2.06. The van der Waals surface area contributed by atoms with Crippen LogP contribution in [0.1, 0.15) is 5.56 Å². The van der Waals surface area contributed by atoms with Crippen LogP contribution in [0.25, 0.3) is 11.5 Å². The third kappa shape index (κ3) is 5.40. The molecule has 7 nitrogen and oxygen atoms in total. The predicted octanol–water partition coefficient (Wildman–Crippen LogP) is 3.03. The molecular formula is C19H17FN4O3S. The van der Waals surface area contributed by atoms with Crippen molar-refractivity contribution in [3.63, 3.8) is 0 Å². The average Bonchev–Trinajstić information content (AvgIpc) is 3.16. The largest absolute Gasteiger partial charge is 0.411 e. The van der Waals surface area contributed by atoms with Gasteiger partial charge in [-0.15, -0.1) is 10.2 Å². The Morgan fingerprint density at radius 1 is 1.07 bits per heavy atom. The quantitative estimate of drug-likeness (QED) is 0.592. The summed E-state index contributed by atoms with van der Waals surface area (Å²) in [5.74, 6) is -0.742. The number of thioether (sulfide) groups is 1. The number of nitrogens with one attached hydrogen (secondary N) is 2. The van der Waals surface area contributed by atoms with Crippen LogP contribution in [0.2, 0.25) is 0 Å². The molecule has 0 aliphatic heterocycles. The lowest BCUT2D eigenvalue weighted by molar-refractivity contribution is -0.122. The van der Waals surface area contributed by atoms with Crippen molar-refractivity contribution in [1.82, 2.24) is 15.5 Å². The van der Waals surface area contributed by atoms with E-state index in [-0.39, 0.29) is 23.4 Å². The molecule has 2 N–H and O–H groups in total. The molecular weight excluding hydrogens is 383 g/mol. The van der Waals surface area contributed by atoms with Gasteiger partial charge in [0.2, 0.25) is 17.7 Å². The van der Waals surface area contributed by atoms with Crippen molar-refractivity contribution in [3.05, 3.63) is 59.9 Å². The van der Waals surface area contributed by atoms with Crippen LogP contribution in [0.15, 0.2) is 58.2 Å². The molecule has 3 aromatic rings. The molecule has 2 amide bonds. The Morgan fingerprint density at radius 3 is 2.57 bits per heavy atom. The summed E-state index contributed by atoms with van der Waals surface area (Å²) in [5.41, 5.74) is 2.29. The zero-order valence-electron chi connectivity index (χ0n) is 14.9. The fourth-order valence-corrected chi connectivity index (χ4v) is 2.88. The monoisotopic (exact) mass is 400 g/mol. The molecule has 0 aliphatic rings. The number of halogens is 1. The van der Waals surface area contributed by atoms with Gasteiger partial charge in [-0.2, -0.15) is 0 Å². The van der Waals surface area contributed by atoms with E-state index < -0.39 is 11.7 Å². The minimum absolute atomic E-state index is 0.0270. The van der Waals surface area contributed by atoms with Gasteiger partial charge in [0.15, 0.2) is 0 Å². The van der Waals surface area contributed by atoms with Crippen LogP contribution in [0.5, 0.6) is 0 Å².